The topological polar surface area (TPSA) is 87.7 Å². The fourth-order valence-electron chi connectivity index (χ4n) is 3.18. The number of halogens is 3. The summed E-state index contributed by atoms with van der Waals surface area (Å²) in [6, 6.07) is 17.9. The smallest absolute Gasteiger partial charge is 0.282 e. The fourth-order valence-corrected chi connectivity index (χ4v) is 5.31. The van der Waals surface area contributed by atoms with Gasteiger partial charge in [-0.1, -0.05) is 24.3 Å². The molecule has 34 heavy (non-hydrogen) atoms. The average Bonchev–Trinajstić information content (AvgIpc) is 3.07. The van der Waals surface area contributed by atoms with Gasteiger partial charge in [0.2, 0.25) is 0 Å². The Balaban J connectivity index is 1.47. The van der Waals surface area contributed by atoms with Crippen molar-refractivity contribution in [1.29, 1.82) is 0 Å². The second-order valence-electron chi connectivity index (χ2n) is 7.14. The summed E-state index contributed by atoms with van der Waals surface area (Å²) in [6.45, 7) is -0.268. The lowest BCUT2D eigenvalue weighted by molar-refractivity contribution is -0.118. The molecule has 4 rings (SSSR count). The zero-order valence-corrected chi connectivity index (χ0v) is 21.7. The molecule has 2 N–H and O–H groups in total. The molecule has 0 spiro atoms. The van der Waals surface area contributed by atoms with Crippen molar-refractivity contribution in [3.05, 3.63) is 90.8 Å². The minimum absolute atomic E-state index is 0.0126. The first-order chi connectivity index (χ1) is 16.3. The van der Waals surface area contributed by atoms with E-state index in [1.165, 1.54) is 29.3 Å². The second-order valence-corrected chi connectivity index (χ2v) is 9.46. The molecule has 3 aromatic carbocycles. The Morgan fingerprint density at radius 1 is 1.03 bits per heavy atom. The SMILES string of the molecule is O=C(COc1c(I)cc(/C=C2/C(=O)NN(c3ccccc3)C2=O)cc1I)Nc1cccc(F)c1. The monoisotopic (exact) mass is 683 g/mol. The van der Waals surface area contributed by atoms with Gasteiger partial charge in [-0.3, -0.25) is 19.8 Å². The third kappa shape index (κ3) is 5.55. The number of hydrazine groups is 1. The van der Waals surface area contributed by atoms with Gasteiger partial charge >= 0.3 is 0 Å². The van der Waals surface area contributed by atoms with Gasteiger partial charge in [-0.05, 0) is 99.3 Å². The number of rotatable bonds is 6. The molecule has 0 saturated carbocycles. The first-order valence-electron chi connectivity index (χ1n) is 9.91. The summed E-state index contributed by atoms with van der Waals surface area (Å²) in [5, 5.41) is 3.78. The Labute approximate surface area is 221 Å². The number of ether oxygens (including phenoxy) is 1. The highest BCUT2D eigenvalue weighted by Gasteiger charge is 2.34. The Hall–Kier alpha value is -3.00. The van der Waals surface area contributed by atoms with Gasteiger partial charge in [0.25, 0.3) is 17.7 Å². The van der Waals surface area contributed by atoms with Crippen molar-refractivity contribution in [2.24, 2.45) is 0 Å². The quantitative estimate of drug-likeness (QED) is 0.228. The number of nitrogens with zero attached hydrogens (tertiary/aromatic N) is 1. The predicted molar refractivity (Wildman–Crippen MR) is 142 cm³/mol. The maximum Gasteiger partial charge on any atom is 0.282 e. The van der Waals surface area contributed by atoms with Gasteiger partial charge in [-0.15, -0.1) is 0 Å². The van der Waals surface area contributed by atoms with E-state index in [1.54, 1.807) is 42.5 Å². The van der Waals surface area contributed by atoms with Crippen molar-refractivity contribution in [1.82, 2.24) is 5.43 Å². The number of para-hydroxylation sites is 1. The summed E-state index contributed by atoms with van der Waals surface area (Å²) in [5.74, 6) is -1.33. The molecule has 0 aromatic heterocycles. The Kier molecular flexibility index (Phi) is 7.46. The number of amides is 3. The van der Waals surface area contributed by atoms with Crippen molar-refractivity contribution in [3.63, 3.8) is 0 Å². The lowest BCUT2D eigenvalue weighted by atomic mass is 10.1. The van der Waals surface area contributed by atoms with Crippen molar-refractivity contribution in [3.8, 4) is 5.75 Å². The van der Waals surface area contributed by atoms with E-state index >= 15 is 0 Å². The maximum atomic E-state index is 13.3. The number of hydrogen-bond donors (Lipinski definition) is 2. The average molecular weight is 683 g/mol. The first kappa shape index (κ1) is 24.1. The standard InChI is InChI=1S/C24H16FI2N3O4/c25-15-5-4-6-16(12-15)28-21(31)13-34-22-19(26)10-14(11-20(22)27)9-18-23(32)29-30(24(18)33)17-7-2-1-3-8-17/h1-12H,13H2,(H,28,31)(H,29,32)/b18-9-. The number of benzene rings is 3. The van der Waals surface area contributed by atoms with E-state index in [2.05, 4.69) is 55.9 Å². The molecule has 1 heterocycles. The highest BCUT2D eigenvalue weighted by molar-refractivity contribution is 14.1. The summed E-state index contributed by atoms with van der Waals surface area (Å²) in [7, 11) is 0. The summed E-state index contributed by atoms with van der Waals surface area (Å²) >= 11 is 4.12. The minimum atomic E-state index is -0.492. The number of nitrogens with one attached hydrogen (secondary N) is 2. The van der Waals surface area contributed by atoms with Crippen LogP contribution in [0.1, 0.15) is 5.56 Å². The molecule has 3 amide bonds. The minimum Gasteiger partial charge on any atom is -0.482 e. The van der Waals surface area contributed by atoms with Crippen LogP contribution in [0.3, 0.4) is 0 Å². The molecule has 0 atom stereocenters. The van der Waals surface area contributed by atoms with Gasteiger partial charge in [-0.2, -0.15) is 0 Å². The summed E-state index contributed by atoms with van der Waals surface area (Å²) in [5.41, 5.74) is 4.12. The summed E-state index contributed by atoms with van der Waals surface area (Å²) < 4.78 is 20.3. The van der Waals surface area contributed by atoms with Crippen LogP contribution >= 0.6 is 45.2 Å². The zero-order chi connectivity index (χ0) is 24.2. The Morgan fingerprint density at radius 2 is 1.74 bits per heavy atom. The zero-order valence-electron chi connectivity index (χ0n) is 17.3. The number of carbonyl (C=O) groups is 3. The third-order valence-electron chi connectivity index (χ3n) is 4.69. The molecule has 1 aliphatic rings. The van der Waals surface area contributed by atoms with Crippen molar-refractivity contribution in [2.75, 3.05) is 16.9 Å². The van der Waals surface area contributed by atoms with E-state index in [9.17, 15) is 18.8 Å². The number of anilines is 2. The van der Waals surface area contributed by atoms with Crippen molar-refractivity contribution in [2.45, 2.75) is 0 Å². The van der Waals surface area contributed by atoms with E-state index in [-0.39, 0.29) is 12.2 Å². The van der Waals surface area contributed by atoms with Crippen LogP contribution in [0.5, 0.6) is 5.75 Å². The summed E-state index contributed by atoms with van der Waals surface area (Å²) in [6.07, 6.45) is 1.52. The number of hydrogen-bond acceptors (Lipinski definition) is 4. The van der Waals surface area contributed by atoms with Crippen LogP contribution in [-0.2, 0) is 14.4 Å². The molecule has 1 fully saturated rings. The van der Waals surface area contributed by atoms with Gasteiger partial charge in [-0.25, -0.2) is 9.40 Å². The van der Waals surface area contributed by atoms with Crippen molar-refractivity contribution >= 4 is 80.4 Å². The molecule has 0 bridgehead atoms. The molecular weight excluding hydrogens is 667 g/mol. The first-order valence-corrected chi connectivity index (χ1v) is 12.1. The van der Waals surface area contributed by atoms with E-state index < -0.39 is 23.5 Å². The molecule has 172 valence electrons. The van der Waals surface area contributed by atoms with Crippen molar-refractivity contribution < 1.29 is 23.5 Å². The molecule has 1 saturated heterocycles. The van der Waals surface area contributed by atoms with Crippen LogP contribution in [0, 0.1) is 13.0 Å². The van der Waals surface area contributed by atoms with E-state index in [0.717, 1.165) is 0 Å². The number of carbonyl (C=O) groups excluding carboxylic acids is 3. The van der Waals surface area contributed by atoms with Gasteiger partial charge in [0.05, 0.1) is 12.8 Å². The summed E-state index contributed by atoms with van der Waals surface area (Å²) in [4.78, 5) is 37.4. The molecule has 0 aliphatic carbocycles. The lowest BCUT2D eigenvalue weighted by Gasteiger charge is -2.14. The molecule has 0 unspecified atom stereocenters. The van der Waals surface area contributed by atoms with E-state index in [4.69, 9.17) is 4.74 Å². The molecule has 1 aliphatic heterocycles. The molecular formula is C24H16FI2N3O4. The highest BCUT2D eigenvalue weighted by atomic mass is 127. The third-order valence-corrected chi connectivity index (χ3v) is 6.30. The molecule has 0 radical (unpaired) electrons. The normalized spacial score (nSPS) is 14.3. The van der Waals surface area contributed by atoms with Gasteiger partial charge < -0.3 is 10.1 Å². The highest BCUT2D eigenvalue weighted by Crippen LogP contribution is 2.30. The predicted octanol–water partition coefficient (Wildman–Crippen LogP) is 4.51. The van der Waals surface area contributed by atoms with E-state index in [0.29, 0.717) is 29.8 Å². The van der Waals surface area contributed by atoms with E-state index in [1.807, 2.05) is 6.07 Å². The lowest BCUT2D eigenvalue weighted by Crippen LogP contribution is -2.35. The fraction of sp³-hybridized carbons (Fsp3) is 0.0417. The Morgan fingerprint density at radius 3 is 2.41 bits per heavy atom. The van der Waals surface area contributed by atoms with Crippen LogP contribution in [0.4, 0.5) is 15.8 Å². The van der Waals surface area contributed by atoms with Crippen LogP contribution in [0.2, 0.25) is 0 Å². The van der Waals surface area contributed by atoms with Gasteiger partial charge in [0.15, 0.2) is 6.61 Å². The second kappa shape index (κ2) is 10.5. The van der Waals surface area contributed by atoms with Crippen LogP contribution in [0.15, 0.2) is 72.3 Å². The largest absolute Gasteiger partial charge is 0.482 e. The van der Waals surface area contributed by atoms with Crippen LogP contribution in [0.25, 0.3) is 6.08 Å². The molecule has 7 nitrogen and oxygen atoms in total. The van der Waals surface area contributed by atoms with Gasteiger partial charge in [0.1, 0.15) is 17.1 Å². The molecule has 3 aromatic rings. The molecule has 10 heteroatoms. The maximum absolute atomic E-state index is 13.3. The van der Waals surface area contributed by atoms with Crippen LogP contribution in [-0.4, -0.2) is 24.3 Å². The Bertz CT molecular complexity index is 1290. The van der Waals surface area contributed by atoms with Gasteiger partial charge in [0, 0.05) is 5.69 Å². The van der Waals surface area contributed by atoms with Crippen LogP contribution < -0.4 is 20.5 Å².